The van der Waals surface area contributed by atoms with Crippen LogP contribution in [-0.2, 0) is 4.79 Å². The first kappa shape index (κ1) is 19.0. The van der Waals surface area contributed by atoms with Gasteiger partial charge in [-0.05, 0) is 64.3 Å². The Balaban J connectivity index is 1.56. The number of carbonyl (C=O) groups excluding carboxylic acids is 2. The van der Waals surface area contributed by atoms with E-state index in [0.717, 1.165) is 45.6 Å². The zero-order valence-electron chi connectivity index (χ0n) is 15.7. The second kappa shape index (κ2) is 7.84. The van der Waals surface area contributed by atoms with Gasteiger partial charge in [0.1, 0.15) is 5.82 Å². The van der Waals surface area contributed by atoms with Crippen molar-refractivity contribution in [1.29, 1.82) is 0 Å². The van der Waals surface area contributed by atoms with E-state index in [0.29, 0.717) is 5.56 Å². The molecule has 1 aromatic rings. The second-order valence-electron chi connectivity index (χ2n) is 7.69. The first-order valence-corrected chi connectivity index (χ1v) is 9.36. The molecule has 2 fully saturated rings. The average molecular weight is 361 g/mol. The number of piperidine rings is 1. The molecule has 0 radical (unpaired) electrons. The number of likely N-dealkylation sites (N-methyl/N-ethyl adjacent to an activating group) is 1. The van der Waals surface area contributed by atoms with Crippen LogP contribution in [-0.4, -0.2) is 78.7 Å². The van der Waals surface area contributed by atoms with Crippen LogP contribution in [0.25, 0.3) is 0 Å². The van der Waals surface area contributed by atoms with E-state index >= 15 is 0 Å². The van der Waals surface area contributed by atoms with Gasteiger partial charge in [0, 0.05) is 43.6 Å². The minimum Gasteiger partial charge on any atom is -0.340 e. The predicted molar refractivity (Wildman–Crippen MR) is 98.6 cm³/mol. The zero-order chi connectivity index (χ0) is 18.7. The molecule has 142 valence electrons. The lowest BCUT2D eigenvalue weighted by Gasteiger charge is -2.52. The largest absolute Gasteiger partial charge is 0.340 e. The number of hydrogen-bond donors (Lipinski definition) is 0. The number of benzene rings is 1. The molecule has 1 amide bonds. The molecule has 0 aromatic heterocycles. The summed E-state index contributed by atoms with van der Waals surface area (Å²) < 4.78 is 13.0. The number of likely N-dealkylation sites (tertiary alicyclic amines) is 1. The van der Waals surface area contributed by atoms with Crippen LogP contribution in [0, 0.1) is 5.82 Å². The van der Waals surface area contributed by atoms with Crippen molar-refractivity contribution in [2.24, 2.45) is 0 Å². The summed E-state index contributed by atoms with van der Waals surface area (Å²) in [6, 6.07) is 5.51. The first-order valence-electron chi connectivity index (χ1n) is 9.36. The summed E-state index contributed by atoms with van der Waals surface area (Å²) in [7, 11) is 4.30. The SMILES string of the molecule is CN1CCC2(CC1)CN(C(=O)CCC(=O)c1ccc(F)cc1)CCN2C. The summed E-state index contributed by atoms with van der Waals surface area (Å²) >= 11 is 0. The van der Waals surface area contributed by atoms with Gasteiger partial charge in [0.25, 0.3) is 0 Å². The highest BCUT2D eigenvalue weighted by molar-refractivity contribution is 5.97. The smallest absolute Gasteiger partial charge is 0.223 e. The fourth-order valence-electron chi connectivity index (χ4n) is 4.01. The minimum absolute atomic E-state index is 0.0480. The Bertz CT molecular complexity index is 654. The van der Waals surface area contributed by atoms with E-state index in [1.807, 2.05) is 4.90 Å². The first-order chi connectivity index (χ1) is 12.4. The van der Waals surface area contributed by atoms with Crippen molar-refractivity contribution in [3.63, 3.8) is 0 Å². The highest BCUT2D eigenvalue weighted by Crippen LogP contribution is 2.31. The van der Waals surface area contributed by atoms with E-state index in [4.69, 9.17) is 0 Å². The van der Waals surface area contributed by atoms with Crippen LogP contribution in [0.5, 0.6) is 0 Å². The van der Waals surface area contributed by atoms with Crippen molar-refractivity contribution < 1.29 is 14.0 Å². The van der Waals surface area contributed by atoms with Gasteiger partial charge in [0.05, 0.1) is 0 Å². The Kier molecular flexibility index (Phi) is 5.73. The summed E-state index contributed by atoms with van der Waals surface area (Å²) in [5.41, 5.74) is 0.533. The maximum atomic E-state index is 13.0. The molecule has 2 aliphatic heterocycles. The number of hydrogen-bond acceptors (Lipinski definition) is 4. The Morgan fingerprint density at radius 3 is 2.31 bits per heavy atom. The van der Waals surface area contributed by atoms with Gasteiger partial charge < -0.3 is 9.80 Å². The van der Waals surface area contributed by atoms with Crippen molar-refractivity contribution in [2.45, 2.75) is 31.2 Å². The fraction of sp³-hybridized carbons (Fsp3) is 0.600. The van der Waals surface area contributed by atoms with Crippen LogP contribution in [0.3, 0.4) is 0 Å². The third-order valence-corrected chi connectivity index (χ3v) is 6.00. The molecule has 1 spiro atoms. The van der Waals surface area contributed by atoms with E-state index in [2.05, 4.69) is 23.9 Å². The Labute approximate surface area is 154 Å². The molecule has 0 atom stereocenters. The summed E-state index contributed by atoms with van der Waals surface area (Å²) in [6.07, 6.45) is 2.53. The molecule has 1 aromatic carbocycles. The van der Waals surface area contributed by atoms with Crippen molar-refractivity contribution in [1.82, 2.24) is 14.7 Å². The second-order valence-corrected chi connectivity index (χ2v) is 7.69. The number of ketones is 1. The molecule has 5 nitrogen and oxygen atoms in total. The standard InChI is InChI=1S/C20H28FN3O2/c1-22-11-9-20(10-12-22)15-24(14-13-23(20)2)19(26)8-7-18(25)16-3-5-17(21)6-4-16/h3-6H,7-15H2,1-2H3. The monoisotopic (exact) mass is 361 g/mol. The number of amides is 1. The van der Waals surface area contributed by atoms with Crippen LogP contribution in [0.1, 0.15) is 36.0 Å². The van der Waals surface area contributed by atoms with Crippen LogP contribution in [0.2, 0.25) is 0 Å². The van der Waals surface area contributed by atoms with Gasteiger partial charge in [0.2, 0.25) is 5.91 Å². The topological polar surface area (TPSA) is 43.9 Å². The summed E-state index contributed by atoms with van der Waals surface area (Å²) in [5, 5.41) is 0. The molecule has 2 heterocycles. The molecule has 0 aliphatic carbocycles. The molecule has 0 bridgehead atoms. The molecule has 6 heteroatoms. The maximum Gasteiger partial charge on any atom is 0.223 e. The minimum atomic E-state index is -0.363. The highest BCUT2D eigenvalue weighted by atomic mass is 19.1. The van der Waals surface area contributed by atoms with Gasteiger partial charge in [-0.25, -0.2) is 4.39 Å². The van der Waals surface area contributed by atoms with Crippen LogP contribution < -0.4 is 0 Å². The fourth-order valence-corrected chi connectivity index (χ4v) is 4.01. The molecule has 2 saturated heterocycles. The van der Waals surface area contributed by atoms with E-state index in [1.54, 1.807) is 0 Å². The summed E-state index contributed by atoms with van der Waals surface area (Å²) in [5.74, 6) is -0.424. The summed E-state index contributed by atoms with van der Waals surface area (Å²) in [6.45, 7) is 4.45. The van der Waals surface area contributed by atoms with E-state index in [9.17, 15) is 14.0 Å². The van der Waals surface area contributed by atoms with Crippen molar-refractivity contribution >= 4 is 11.7 Å². The lowest BCUT2D eigenvalue weighted by molar-refractivity contribution is -0.137. The van der Waals surface area contributed by atoms with Gasteiger partial charge in [0.15, 0.2) is 5.78 Å². The Morgan fingerprint density at radius 1 is 1.00 bits per heavy atom. The van der Waals surface area contributed by atoms with Crippen molar-refractivity contribution in [2.75, 3.05) is 46.8 Å². The third-order valence-electron chi connectivity index (χ3n) is 6.00. The number of halogens is 1. The molecule has 2 aliphatic rings. The number of piperazine rings is 1. The van der Waals surface area contributed by atoms with Crippen LogP contribution >= 0.6 is 0 Å². The zero-order valence-corrected chi connectivity index (χ0v) is 15.7. The molecular formula is C20H28FN3O2. The van der Waals surface area contributed by atoms with Crippen LogP contribution in [0.4, 0.5) is 4.39 Å². The van der Waals surface area contributed by atoms with Gasteiger partial charge in [-0.3, -0.25) is 14.5 Å². The van der Waals surface area contributed by atoms with Crippen molar-refractivity contribution in [3.8, 4) is 0 Å². The quantitative estimate of drug-likeness (QED) is 0.770. The normalized spacial score (nSPS) is 21.1. The van der Waals surface area contributed by atoms with Gasteiger partial charge in [-0.1, -0.05) is 0 Å². The molecule has 0 saturated carbocycles. The number of nitrogens with zero attached hydrogens (tertiary/aromatic N) is 3. The third kappa shape index (κ3) is 4.13. The van der Waals surface area contributed by atoms with E-state index < -0.39 is 0 Å². The molecule has 0 N–H and O–H groups in total. The summed E-state index contributed by atoms with van der Waals surface area (Å²) in [4.78, 5) is 31.6. The predicted octanol–water partition coefficient (Wildman–Crippen LogP) is 2.03. The number of Topliss-reactive ketones (excluding diaryl/α,β-unsaturated/α-hetero) is 1. The maximum absolute atomic E-state index is 13.0. The number of rotatable bonds is 4. The van der Waals surface area contributed by atoms with Crippen molar-refractivity contribution in [3.05, 3.63) is 35.6 Å². The van der Waals surface area contributed by atoms with E-state index in [1.165, 1.54) is 24.3 Å². The average Bonchev–Trinajstić information content (AvgIpc) is 2.64. The highest BCUT2D eigenvalue weighted by Gasteiger charge is 2.42. The van der Waals surface area contributed by atoms with E-state index in [-0.39, 0.29) is 35.9 Å². The van der Waals surface area contributed by atoms with Gasteiger partial charge >= 0.3 is 0 Å². The Hall–Kier alpha value is -1.79. The number of carbonyl (C=O) groups is 2. The molecular weight excluding hydrogens is 333 g/mol. The van der Waals surface area contributed by atoms with Gasteiger partial charge in [-0.2, -0.15) is 0 Å². The molecule has 26 heavy (non-hydrogen) atoms. The Morgan fingerprint density at radius 2 is 1.65 bits per heavy atom. The van der Waals surface area contributed by atoms with Gasteiger partial charge in [-0.15, -0.1) is 0 Å². The lowest BCUT2D eigenvalue weighted by Crippen LogP contribution is -2.64. The van der Waals surface area contributed by atoms with Crippen LogP contribution in [0.15, 0.2) is 24.3 Å². The molecule has 0 unspecified atom stereocenters. The molecule has 3 rings (SSSR count). The lowest BCUT2D eigenvalue weighted by atomic mass is 9.83.